The van der Waals surface area contributed by atoms with E-state index in [0.717, 1.165) is 37.1 Å². The molecule has 2 aromatic heterocycles. The van der Waals surface area contributed by atoms with Gasteiger partial charge in [-0.05, 0) is 12.8 Å². The molecule has 1 N–H and O–H groups in total. The third-order valence-electron chi connectivity index (χ3n) is 4.15. The lowest BCUT2D eigenvalue weighted by Crippen LogP contribution is -2.15. The van der Waals surface area contributed by atoms with Crippen molar-refractivity contribution in [1.82, 2.24) is 19.1 Å². The van der Waals surface area contributed by atoms with Crippen LogP contribution in [0.1, 0.15) is 65.2 Å². The van der Waals surface area contributed by atoms with E-state index in [1.54, 1.807) is 6.33 Å². The molecule has 2 aromatic rings. The number of nitrogens with zero attached hydrogens (tertiary/aromatic N) is 4. The van der Waals surface area contributed by atoms with Crippen molar-refractivity contribution in [2.24, 2.45) is 0 Å². The first-order chi connectivity index (χ1) is 10.8. The van der Waals surface area contributed by atoms with Gasteiger partial charge in [0, 0.05) is 13.1 Å². The van der Waals surface area contributed by atoms with E-state index in [9.17, 15) is 0 Å². The molecule has 0 spiro atoms. The molecule has 0 saturated heterocycles. The van der Waals surface area contributed by atoms with E-state index in [-0.39, 0.29) is 0 Å². The Morgan fingerprint density at radius 3 is 2.05 bits per heavy atom. The molecule has 2 heterocycles. The lowest BCUT2D eigenvalue weighted by Gasteiger charge is -2.08. The summed E-state index contributed by atoms with van der Waals surface area (Å²) in [7, 11) is 0. The predicted octanol–water partition coefficient (Wildman–Crippen LogP) is 3.87. The van der Waals surface area contributed by atoms with Crippen molar-refractivity contribution in [3.63, 3.8) is 0 Å². The molecular weight excluding hydrogens is 274 g/mol. The van der Waals surface area contributed by atoms with E-state index in [1.165, 1.54) is 38.5 Å². The number of aryl methyl sites for hydroxylation is 2. The van der Waals surface area contributed by atoms with Crippen molar-refractivity contribution in [2.75, 3.05) is 0 Å². The summed E-state index contributed by atoms with van der Waals surface area (Å²) >= 11 is 0. The summed E-state index contributed by atoms with van der Waals surface area (Å²) in [6.45, 7) is 6.32. The Hall–Kier alpha value is -1.65. The van der Waals surface area contributed by atoms with Crippen LogP contribution in [0.4, 0.5) is 0 Å². The average molecular weight is 303 g/mol. The van der Waals surface area contributed by atoms with E-state index >= 15 is 0 Å². The quantitative estimate of drug-likeness (QED) is 0.677. The lowest BCUT2D eigenvalue weighted by molar-refractivity contribution is 0.580. The largest absolute Gasteiger partial charge is 0.326 e. The summed E-state index contributed by atoms with van der Waals surface area (Å²) in [5.74, 6) is 0. The minimum atomic E-state index is 0.341. The highest BCUT2D eigenvalue weighted by molar-refractivity contribution is 5.69. The van der Waals surface area contributed by atoms with Crippen LogP contribution in [-0.4, -0.2) is 19.1 Å². The fourth-order valence-electron chi connectivity index (χ4n) is 2.82. The molecule has 2 rings (SSSR count). The molecule has 0 atom stereocenters. The molecule has 0 aromatic carbocycles. The maximum absolute atomic E-state index is 8.09. The molecule has 0 aliphatic rings. The van der Waals surface area contributed by atoms with E-state index in [2.05, 4.69) is 32.9 Å². The van der Waals surface area contributed by atoms with Gasteiger partial charge in [0.1, 0.15) is 5.52 Å². The highest BCUT2D eigenvalue weighted by Crippen LogP contribution is 2.11. The summed E-state index contributed by atoms with van der Waals surface area (Å²) in [5.41, 5.74) is 2.13. The van der Waals surface area contributed by atoms with Gasteiger partial charge in [0.05, 0.1) is 12.7 Å². The first-order valence-corrected chi connectivity index (χ1v) is 8.72. The van der Waals surface area contributed by atoms with E-state index < -0.39 is 0 Å². The van der Waals surface area contributed by atoms with Crippen LogP contribution in [0.5, 0.6) is 0 Å². The van der Waals surface area contributed by atoms with Gasteiger partial charge >= 0.3 is 0 Å². The van der Waals surface area contributed by atoms with Crippen LogP contribution >= 0.6 is 0 Å². The molecule has 0 aliphatic heterocycles. The SMILES string of the molecule is CCCCCCn1cnc(=N)c2c1ncn2CCCCCC. The molecule has 0 aliphatic carbocycles. The first kappa shape index (κ1) is 16.7. The smallest absolute Gasteiger partial charge is 0.174 e. The molecule has 22 heavy (non-hydrogen) atoms. The van der Waals surface area contributed by atoms with Crippen LogP contribution in [0, 0.1) is 5.41 Å². The minimum absolute atomic E-state index is 0.341. The monoisotopic (exact) mass is 303 g/mol. The van der Waals surface area contributed by atoms with Crippen LogP contribution in [0.2, 0.25) is 0 Å². The molecule has 0 unspecified atom stereocenters. The van der Waals surface area contributed by atoms with Crippen molar-refractivity contribution < 1.29 is 0 Å². The molecule has 0 amide bonds. The van der Waals surface area contributed by atoms with Crippen molar-refractivity contribution in [2.45, 2.75) is 78.3 Å². The number of imidazole rings is 1. The molecule has 5 nitrogen and oxygen atoms in total. The number of aromatic nitrogens is 4. The Morgan fingerprint density at radius 1 is 0.818 bits per heavy atom. The highest BCUT2D eigenvalue weighted by Gasteiger charge is 2.09. The molecule has 0 bridgehead atoms. The summed E-state index contributed by atoms with van der Waals surface area (Å²) in [5, 5.41) is 8.09. The average Bonchev–Trinajstić information content (AvgIpc) is 2.95. The van der Waals surface area contributed by atoms with Crippen LogP contribution in [0.3, 0.4) is 0 Å². The summed E-state index contributed by atoms with van der Waals surface area (Å²) in [4.78, 5) is 8.80. The van der Waals surface area contributed by atoms with Crippen LogP contribution in [0.25, 0.3) is 11.2 Å². The minimum Gasteiger partial charge on any atom is -0.326 e. The van der Waals surface area contributed by atoms with Gasteiger partial charge in [0.25, 0.3) is 0 Å². The Balaban J connectivity index is 2.10. The first-order valence-electron chi connectivity index (χ1n) is 8.72. The van der Waals surface area contributed by atoms with Gasteiger partial charge in [-0.3, -0.25) is 5.41 Å². The predicted molar refractivity (Wildman–Crippen MR) is 89.7 cm³/mol. The third kappa shape index (κ3) is 4.18. The molecule has 0 radical (unpaired) electrons. The number of nitrogens with one attached hydrogen (secondary N) is 1. The zero-order valence-electron chi connectivity index (χ0n) is 14.0. The van der Waals surface area contributed by atoms with Gasteiger partial charge in [-0.15, -0.1) is 0 Å². The maximum Gasteiger partial charge on any atom is 0.174 e. The van der Waals surface area contributed by atoms with Crippen molar-refractivity contribution >= 4 is 11.2 Å². The number of hydrogen-bond donors (Lipinski definition) is 1. The fraction of sp³-hybridized carbons (Fsp3) is 0.706. The van der Waals surface area contributed by atoms with Gasteiger partial charge < -0.3 is 9.13 Å². The van der Waals surface area contributed by atoms with Gasteiger partial charge in [0.2, 0.25) is 0 Å². The summed E-state index contributed by atoms with van der Waals surface area (Å²) in [6, 6.07) is 0. The number of unbranched alkanes of at least 4 members (excludes halogenated alkanes) is 6. The fourth-order valence-corrected chi connectivity index (χ4v) is 2.82. The zero-order valence-corrected chi connectivity index (χ0v) is 14.0. The van der Waals surface area contributed by atoms with Gasteiger partial charge in [-0.25, -0.2) is 9.97 Å². The van der Waals surface area contributed by atoms with E-state index in [4.69, 9.17) is 5.41 Å². The number of fused-ring (bicyclic) bond motifs is 1. The van der Waals surface area contributed by atoms with Gasteiger partial charge in [0.15, 0.2) is 11.1 Å². The highest BCUT2D eigenvalue weighted by atomic mass is 15.2. The van der Waals surface area contributed by atoms with Crippen molar-refractivity contribution in [1.29, 1.82) is 5.41 Å². The second-order valence-corrected chi connectivity index (χ2v) is 6.02. The second-order valence-electron chi connectivity index (χ2n) is 6.02. The normalized spacial score (nSPS) is 11.4. The summed E-state index contributed by atoms with van der Waals surface area (Å²) in [6.07, 6.45) is 13.5. The van der Waals surface area contributed by atoms with Gasteiger partial charge in [-0.1, -0.05) is 52.4 Å². The molecule has 5 heteroatoms. The molecular formula is C17H29N5. The summed E-state index contributed by atoms with van der Waals surface area (Å²) < 4.78 is 4.20. The number of hydrogen-bond acceptors (Lipinski definition) is 3. The lowest BCUT2D eigenvalue weighted by atomic mass is 10.2. The second kappa shape index (κ2) is 8.71. The van der Waals surface area contributed by atoms with E-state index in [1.807, 2.05) is 6.33 Å². The Labute approximate surface area is 132 Å². The number of rotatable bonds is 10. The zero-order chi connectivity index (χ0) is 15.8. The molecule has 0 saturated carbocycles. The Bertz CT molecular complexity index is 626. The van der Waals surface area contributed by atoms with Crippen LogP contribution < -0.4 is 5.49 Å². The topological polar surface area (TPSA) is 59.5 Å². The van der Waals surface area contributed by atoms with Gasteiger partial charge in [-0.2, -0.15) is 0 Å². The maximum atomic E-state index is 8.09. The molecule has 0 fully saturated rings. The standard InChI is InChI=1S/C17H29N5/c1-3-5-7-9-11-21-14-20-17-15(21)16(18)19-13-22(17)12-10-8-6-4-2/h13-14,18H,3-12H2,1-2H3. The van der Waals surface area contributed by atoms with E-state index in [0.29, 0.717) is 5.49 Å². The van der Waals surface area contributed by atoms with Crippen LogP contribution in [0.15, 0.2) is 12.7 Å². The third-order valence-corrected chi connectivity index (χ3v) is 4.15. The van der Waals surface area contributed by atoms with Crippen LogP contribution in [-0.2, 0) is 13.1 Å². The Kier molecular flexibility index (Phi) is 6.62. The van der Waals surface area contributed by atoms with Crippen molar-refractivity contribution in [3.8, 4) is 0 Å². The molecule has 122 valence electrons. The Morgan fingerprint density at radius 2 is 1.41 bits per heavy atom. The van der Waals surface area contributed by atoms with Crippen molar-refractivity contribution in [3.05, 3.63) is 18.1 Å².